The molecule has 3 heteroatoms. The maximum Gasteiger partial charge on any atom is 0.0170 e. The van der Waals surface area contributed by atoms with Crippen molar-refractivity contribution in [2.24, 2.45) is 10.8 Å². The molecule has 3 saturated heterocycles. The molecule has 3 heterocycles. The molecule has 3 nitrogen and oxygen atoms in total. The largest absolute Gasteiger partial charge is 0.315 e. The van der Waals surface area contributed by atoms with Gasteiger partial charge < -0.3 is 16.0 Å². The van der Waals surface area contributed by atoms with Gasteiger partial charge in [0.15, 0.2) is 0 Å². The minimum Gasteiger partial charge on any atom is -0.315 e. The Kier molecular flexibility index (Phi) is 1.04. The van der Waals surface area contributed by atoms with Crippen molar-refractivity contribution in [1.29, 1.82) is 0 Å². The SMILES string of the molecule is C1NCC23CNCC12CNC3. The molecule has 62 valence electrons. The molecule has 0 bridgehead atoms. The zero-order valence-electron chi connectivity index (χ0n) is 6.74. The monoisotopic (exact) mass is 153 g/mol. The number of hydrogen-bond acceptors (Lipinski definition) is 3. The molecule has 11 heavy (non-hydrogen) atoms. The summed E-state index contributed by atoms with van der Waals surface area (Å²) in [5, 5.41) is 10.6. The summed E-state index contributed by atoms with van der Waals surface area (Å²) in [5.74, 6) is 0. The molecule has 0 radical (unpaired) electrons. The van der Waals surface area contributed by atoms with Crippen molar-refractivity contribution >= 4 is 0 Å². The van der Waals surface area contributed by atoms with Crippen LogP contribution in [0.15, 0.2) is 0 Å². The van der Waals surface area contributed by atoms with Gasteiger partial charge in [-0.05, 0) is 0 Å². The molecule has 0 aliphatic carbocycles. The Morgan fingerprint density at radius 2 is 0.818 bits per heavy atom. The zero-order chi connectivity index (χ0) is 7.36. The van der Waals surface area contributed by atoms with Gasteiger partial charge in [0.05, 0.1) is 0 Å². The van der Waals surface area contributed by atoms with E-state index in [4.69, 9.17) is 0 Å². The van der Waals surface area contributed by atoms with Crippen LogP contribution in [0, 0.1) is 10.8 Å². The smallest absolute Gasteiger partial charge is 0.0170 e. The van der Waals surface area contributed by atoms with Crippen LogP contribution in [0.4, 0.5) is 0 Å². The van der Waals surface area contributed by atoms with Crippen LogP contribution in [-0.4, -0.2) is 39.3 Å². The second-order valence-corrected chi connectivity index (χ2v) is 4.37. The molecular weight excluding hydrogens is 138 g/mol. The lowest BCUT2D eigenvalue weighted by Crippen LogP contribution is -2.38. The minimum absolute atomic E-state index is 0.562. The van der Waals surface area contributed by atoms with Crippen molar-refractivity contribution in [2.75, 3.05) is 39.3 Å². The van der Waals surface area contributed by atoms with E-state index in [1.807, 2.05) is 0 Å². The summed E-state index contributed by atoms with van der Waals surface area (Å²) < 4.78 is 0. The third kappa shape index (κ3) is 0.567. The van der Waals surface area contributed by atoms with E-state index < -0.39 is 0 Å². The maximum absolute atomic E-state index is 3.53. The Hall–Kier alpha value is -0.120. The van der Waals surface area contributed by atoms with Gasteiger partial charge in [0.2, 0.25) is 0 Å². The highest BCUT2D eigenvalue weighted by atomic mass is 15.2. The highest BCUT2D eigenvalue weighted by Crippen LogP contribution is 2.47. The second kappa shape index (κ2) is 1.79. The van der Waals surface area contributed by atoms with Gasteiger partial charge in [-0.3, -0.25) is 0 Å². The zero-order valence-corrected chi connectivity index (χ0v) is 6.74. The lowest BCUT2D eigenvalue weighted by molar-refractivity contribution is 0.241. The van der Waals surface area contributed by atoms with E-state index in [0.29, 0.717) is 10.8 Å². The normalized spacial score (nSPS) is 54.5. The standard InChI is InChI=1S/C8H15N3/c1-7-2-10-5-8(7,4-9-1)6-11-3-7/h9-11H,1-6H2. The van der Waals surface area contributed by atoms with E-state index >= 15 is 0 Å². The summed E-state index contributed by atoms with van der Waals surface area (Å²) >= 11 is 0. The summed E-state index contributed by atoms with van der Waals surface area (Å²) in [4.78, 5) is 0. The molecule has 0 atom stereocenters. The molecular formula is C8H15N3. The Bertz CT molecular complexity index is 142. The van der Waals surface area contributed by atoms with Crippen molar-refractivity contribution in [2.45, 2.75) is 0 Å². The number of rotatable bonds is 0. The quantitative estimate of drug-likeness (QED) is 0.408. The van der Waals surface area contributed by atoms with E-state index in [1.165, 1.54) is 39.3 Å². The molecule has 3 N–H and O–H groups in total. The summed E-state index contributed by atoms with van der Waals surface area (Å²) in [6.07, 6.45) is 0. The average molecular weight is 153 g/mol. The van der Waals surface area contributed by atoms with Gasteiger partial charge in [0.1, 0.15) is 0 Å². The highest BCUT2D eigenvalue weighted by Gasteiger charge is 2.60. The van der Waals surface area contributed by atoms with Gasteiger partial charge in [-0.25, -0.2) is 0 Å². The summed E-state index contributed by atoms with van der Waals surface area (Å²) in [7, 11) is 0. The van der Waals surface area contributed by atoms with Crippen LogP contribution in [0.2, 0.25) is 0 Å². The van der Waals surface area contributed by atoms with Crippen molar-refractivity contribution in [3.05, 3.63) is 0 Å². The third-order valence-electron chi connectivity index (χ3n) is 3.91. The Morgan fingerprint density at radius 3 is 1.09 bits per heavy atom. The molecule has 0 aromatic carbocycles. The summed E-state index contributed by atoms with van der Waals surface area (Å²) in [6.45, 7) is 7.29. The van der Waals surface area contributed by atoms with E-state index in [0.717, 1.165) is 0 Å². The topological polar surface area (TPSA) is 36.1 Å². The molecule has 3 aliphatic rings. The lowest BCUT2D eigenvalue weighted by Gasteiger charge is -2.29. The number of nitrogens with one attached hydrogen (secondary N) is 3. The fraction of sp³-hybridized carbons (Fsp3) is 1.00. The molecule has 0 aromatic rings. The maximum atomic E-state index is 3.53. The third-order valence-corrected chi connectivity index (χ3v) is 3.91. The first-order valence-electron chi connectivity index (χ1n) is 4.49. The molecule has 0 saturated carbocycles. The lowest BCUT2D eigenvalue weighted by atomic mass is 9.71. The van der Waals surface area contributed by atoms with Crippen LogP contribution in [-0.2, 0) is 0 Å². The van der Waals surface area contributed by atoms with Crippen molar-refractivity contribution in [1.82, 2.24) is 16.0 Å². The van der Waals surface area contributed by atoms with Gasteiger partial charge in [-0.15, -0.1) is 0 Å². The van der Waals surface area contributed by atoms with E-state index in [1.54, 1.807) is 0 Å². The first-order chi connectivity index (χ1) is 5.37. The van der Waals surface area contributed by atoms with Crippen LogP contribution >= 0.6 is 0 Å². The molecule has 3 aliphatic heterocycles. The van der Waals surface area contributed by atoms with Gasteiger partial charge in [-0.1, -0.05) is 0 Å². The van der Waals surface area contributed by atoms with E-state index in [9.17, 15) is 0 Å². The first-order valence-corrected chi connectivity index (χ1v) is 4.49. The molecule has 0 unspecified atom stereocenters. The molecule has 3 fully saturated rings. The fourth-order valence-electron chi connectivity index (χ4n) is 3.12. The number of hydrogen-bond donors (Lipinski definition) is 3. The Balaban J connectivity index is 2.06. The molecule has 0 spiro atoms. The molecule has 3 rings (SSSR count). The Labute approximate surface area is 66.9 Å². The van der Waals surface area contributed by atoms with Crippen molar-refractivity contribution in [3.8, 4) is 0 Å². The molecule has 0 amide bonds. The van der Waals surface area contributed by atoms with Crippen molar-refractivity contribution < 1.29 is 0 Å². The van der Waals surface area contributed by atoms with Crippen molar-refractivity contribution in [3.63, 3.8) is 0 Å². The van der Waals surface area contributed by atoms with Crippen LogP contribution in [0.1, 0.15) is 0 Å². The highest BCUT2D eigenvalue weighted by molar-refractivity contribution is 5.17. The molecule has 0 aromatic heterocycles. The Morgan fingerprint density at radius 1 is 0.545 bits per heavy atom. The van der Waals surface area contributed by atoms with Gasteiger partial charge >= 0.3 is 0 Å². The van der Waals surface area contributed by atoms with Gasteiger partial charge in [0, 0.05) is 50.1 Å². The van der Waals surface area contributed by atoms with Gasteiger partial charge in [-0.2, -0.15) is 0 Å². The predicted octanol–water partition coefficient (Wildman–Crippen LogP) is -1.23. The second-order valence-electron chi connectivity index (χ2n) is 4.37. The minimum atomic E-state index is 0.562. The predicted molar refractivity (Wildman–Crippen MR) is 43.5 cm³/mol. The summed E-state index contributed by atoms with van der Waals surface area (Å²) in [5.41, 5.74) is 1.12. The van der Waals surface area contributed by atoms with Gasteiger partial charge in [0.25, 0.3) is 0 Å². The van der Waals surface area contributed by atoms with E-state index in [-0.39, 0.29) is 0 Å². The van der Waals surface area contributed by atoms with Crippen LogP contribution in [0.25, 0.3) is 0 Å². The van der Waals surface area contributed by atoms with Crippen LogP contribution < -0.4 is 16.0 Å². The van der Waals surface area contributed by atoms with E-state index in [2.05, 4.69) is 16.0 Å². The summed E-state index contributed by atoms with van der Waals surface area (Å²) in [6, 6.07) is 0. The fourth-order valence-corrected chi connectivity index (χ4v) is 3.12. The first kappa shape index (κ1) is 6.40. The van der Waals surface area contributed by atoms with Crippen LogP contribution in [0.3, 0.4) is 0 Å². The average Bonchev–Trinajstić information content (AvgIpc) is 2.40. The van der Waals surface area contributed by atoms with Crippen LogP contribution in [0.5, 0.6) is 0 Å².